The maximum Gasteiger partial charge on any atom is 0.130 e. The fourth-order valence-electron chi connectivity index (χ4n) is 2.43. The maximum atomic E-state index is 8.90. The molecular formula is C14H22O3. The predicted octanol–water partition coefficient (Wildman–Crippen LogP) is 3.11. The molecular weight excluding hydrogens is 216 g/mol. The minimum atomic E-state index is -0.0437. The Bertz CT molecular complexity index is 345. The predicted molar refractivity (Wildman–Crippen MR) is 65.4 cm³/mol. The zero-order chi connectivity index (χ0) is 12.3. The number of hydrogen-bond donors (Lipinski definition) is 1. The van der Waals surface area contributed by atoms with Crippen LogP contribution in [0.1, 0.15) is 44.6 Å². The number of aliphatic hydroxyl groups excluding tert-OH is 1. The van der Waals surface area contributed by atoms with E-state index in [4.69, 9.17) is 14.3 Å². The Labute approximate surface area is 103 Å². The molecule has 3 nitrogen and oxygen atoms in total. The third-order valence-corrected chi connectivity index (χ3v) is 3.88. The van der Waals surface area contributed by atoms with Gasteiger partial charge in [-0.1, -0.05) is 13.8 Å². The zero-order valence-electron chi connectivity index (χ0n) is 10.7. The van der Waals surface area contributed by atoms with Gasteiger partial charge in [0.1, 0.15) is 24.7 Å². The van der Waals surface area contributed by atoms with E-state index in [9.17, 15) is 0 Å². The van der Waals surface area contributed by atoms with Gasteiger partial charge in [-0.05, 0) is 43.2 Å². The van der Waals surface area contributed by atoms with E-state index in [1.54, 1.807) is 6.07 Å². The van der Waals surface area contributed by atoms with Crippen LogP contribution in [0.4, 0.5) is 0 Å². The van der Waals surface area contributed by atoms with Crippen molar-refractivity contribution in [2.45, 2.75) is 52.4 Å². The molecule has 0 saturated heterocycles. The van der Waals surface area contributed by atoms with Crippen LogP contribution in [0.15, 0.2) is 16.5 Å². The maximum absolute atomic E-state index is 8.90. The summed E-state index contributed by atoms with van der Waals surface area (Å²) in [7, 11) is 0. The number of ether oxygens (including phenoxy) is 1. The Hall–Kier alpha value is -0.800. The highest BCUT2D eigenvalue weighted by Crippen LogP contribution is 2.31. The second-order valence-corrected chi connectivity index (χ2v) is 5.23. The van der Waals surface area contributed by atoms with Crippen molar-refractivity contribution in [3.8, 4) is 0 Å². The van der Waals surface area contributed by atoms with Crippen LogP contribution < -0.4 is 0 Å². The van der Waals surface area contributed by atoms with Crippen molar-refractivity contribution in [2.24, 2.45) is 11.8 Å². The lowest BCUT2D eigenvalue weighted by atomic mass is 9.80. The molecule has 3 heteroatoms. The van der Waals surface area contributed by atoms with E-state index in [1.165, 1.54) is 6.42 Å². The summed E-state index contributed by atoms with van der Waals surface area (Å²) in [5.74, 6) is 2.98. The van der Waals surface area contributed by atoms with Gasteiger partial charge in [-0.3, -0.25) is 0 Å². The molecule has 0 spiro atoms. The summed E-state index contributed by atoms with van der Waals surface area (Å²) in [6.07, 6.45) is 3.92. The largest absolute Gasteiger partial charge is 0.461 e. The molecule has 1 saturated carbocycles. The number of hydrogen-bond acceptors (Lipinski definition) is 3. The standard InChI is InChI=1S/C14H22O3/c1-10-3-4-12(7-11(10)2)16-9-14-6-5-13(8-15)17-14/h5-6,10-12,15H,3-4,7-9H2,1-2H3. The molecule has 1 heterocycles. The minimum Gasteiger partial charge on any atom is -0.461 e. The topological polar surface area (TPSA) is 42.6 Å². The second kappa shape index (κ2) is 5.69. The van der Waals surface area contributed by atoms with Crippen molar-refractivity contribution in [1.29, 1.82) is 0 Å². The molecule has 1 fully saturated rings. The van der Waals surface area contributed by atoms with Crippen LogP contribution in [0.3, 0.4) is 0 Å². The van der Waals surface area contributed by atoms with Crippen LogP contribution in [0.5, 0.6) is 0 Å². The van der Waals surface area contributed by atoms with E-state index in [-0.39, 0.29) is 6.61 Å². The molecule has 1 aliphatic carbocycles. The van der Waals surface area contributed by atoms with Gasteiger partial charge in [0.05, 0.1) is 6.10 Å². The lowest BCUT2D eigenvalue weighted by molar-refractivity contribution is -0.0145. The molecule has 96 valence electrons. The molecule has 1 aromatic heterocycles. The van der Waals surface area contributed by atoms with E-state index in [1.807, 2.05) is 6.07 Å². The molecule has 1 aliphatic rings. The van der Waals surface area contributed by atoms with Crippen molar-refractivity contribution >= 4 is 0 Å². The van der Waals surface area contributed by atoms with Crippen molar-refractivity contribution in [1.82, 2.24) is 0 Å². The fraction of sp³-hybridized carbons (Fsp3) is 0.714. The number of aliphatic hydroxyl groups is 1. The molecule has 17 heavy (non-hydrogen) atoms. The molecule has 0 aromatic carbocycles. The third kappa shape index (κ3) is 3.33. The first-order chi connectivity index (χ1) is 8.19. The van der Waals surface area contributed by atoms with Crippen LogP contribution in [-0.2, 0) is 18.0 Å². The SMILES string of the molecule is CC1CCC(OCc2ccc(CO)o2)CC1C. The number of furan rings is 1. The summed E-state index contributed by atoms with van der Waals surface area (Å²) in [6, 6.07) is 3.67. The highest BCUT2D eigenvalue weighted by molar-refractivity contribution is 5.05. The lowest BCUT2D eigenvalue weighted by Gasteiger charge is -2.31. The third-order valence-electron chi connectivity index (χ3n) is 3.88. The molecule has 0 amide bonds. The van der Waals surface area contributed by atoms with Crippen LogP contribution in [0.2, 0.25) is 0 Å². The van der Waals surface area contributed by atoms with Crippen molar-refractivity contribution < 1.29 is 14.3 Å². The van der Waals surface area contributed by atoms with Crippen LogP contribution in [0.25, 0.3) is 0 Å². The van der Waals surface area contributed by atoms with Crippen LogP contribution >= 0.6 is 0 Å². The average molecular weight is 238 g/mol. The van der Waals surface area contributed by atoms with E-state index in [0.717, 1.165) is 30.4 Å². The van der Waals surface area contributed by atoms with Gasteiger partial charge in [0, 0.05) is 0 Å². The Morgan fingerprint density at radius 3 is 2.65 bits per heavy atom. The van der Waals surface area contributed by atoms with Gasteiger partial charge in [0.25, 0.3) is 0 Å². The van der Waals surface area contributed by atoms with Gasteiger partial charge in [-0.2, -0.15) is 0 Å². The summed E-state index contributed by atoms with van der Waals surface area (Å²) in [5, 5.41) is 8.90. The molecule has 3 atom stereocenters. The molecule has 2 rings (SSSR count). The lowest BCUT2D eigenvalue weighted by Crippen LogP contribution is -2.26. The Morgan fingerprint density at radius 2 is 2.00 bits per heavy atom. The normalized spacial score (nSPS) is 29.5. The summed E-state index contributed by atoms with van der Waals surface area (Å²) >= 11 is 0. The summed E-state index contributed by atoms with van der Waals surface area (Å²) in [5.41, 5.74) is 0. The second-order valence-electron chi connectivity index (χ2n) is 5.23. The highest BCUT2D eigenvalue weighted by Gasteiger charge is 2.25. The number of rotatable bonds is 4. The van der Waals surface area contributed by atoms with E-state index in [2.05, 4.69) is 13.8 Å². The first-order valence-corrected chi connectivity index (χ1v) is 6.49. The zero-order valence-corrected chi connectivity index (χ0v) is 10.7. The van der Waals surface area contributed by atoms with E-state index < -0.39 is 0 Å². The van der Waals surface area contributed by atoms with Gasteiger partial charge < -0.3 is 14.3 Å². The van der Waals surface area contributed by atoms with E-state index >= 15 is 0 Å². The smallest absolute Gasteiger partial charge is 0.130 e. The molecule has 0 radical (unpaired) electrons. The molecule has 0 aliphatic heterocycles. The van der Waals surface area contributed by atoms with Crippen LogP contribution in [0, 0.1) is 11.8 Å². The molecule has 1 aromatic rings. The molecule has 1 N–H and O–H groups in total. The Morgan fingerprint density at radius 1 is 1.24 bits per heavy atom. The van der Waals surface area contributed by atoms with E-state index in [0.29, 0.717) is 18.5 Å². The van der Waals surface area contributed by atoms with Gasteiger partial charge >= 0.3 is 0 Å². The van der Waals surface area contributed by atoms with Gasteiger partial charge in [0.2, 0.25) is 0 Å². The van der Waals surface area contributed by atoms with Crippen molar-refractivity contribution in [2.75, 3.05) is 0 Å². The summed E-state index contributed by atoms with van der Waals surface area (Å²) in [4.78, 5) is 0. The first-order valence-electron chi connectivity index (χ1n) is 6.49. The Balaban J connectivity index is 1.78. The monoisotopic (exact) mass is 238 g/mol. The summed E-state index contributed by atoms with van der Waals surface area (Å²) in [6.45, 7) is 5.10. The van der Waals surface area contributed by atoms with Crippen LogP contribution in [-0.4, -0.2) is 11.2 Å². The highest BCUT2D eigenvalue weighted by atomic mass is 16.5. The molecule has 3 unspecified atom stereocenters. The Kier molecular flexibility index (Phi) is 4.24. The minimum absolute atomic E-state index is 0.0437. The van der Waals surface area contributed by atoms with Gasteiger partial charge in [-0.25, -0.2) is 0 Å². The van der Waals surface area contributed by atoms with Crippen molar-refractivity contribution in [3.05, 3.63) is 23.7 Å². The quantitative estimate of drug-likeness (QED) is 0.876. The van der Waals surface area contributed by atoms with Crippen molar-refractivity contribution in [3.63, 3.8) is 0 Å². The first kappa shape index (κ1) is 12.7. The molecule has 0 bridgehead atoms. The van der Waals surface area contributed by atoms with Gasteiger partial charge in [0.15, 0.2) is 0 Å². The summed E-state index contributed by atoms with van der Waals surface area (Å²) < 4.78 is 11.3. The average Bonchev–Trinajstić information content (AvgIpc) is 2.79. The van der Waals surface area contributed by atoms with Gasteiger partial charge in [-0.15, -0.1) is 0 Å². The fourth-order valence-corrected chi connectivity index (χ4v) is 2.43.